The Labute approximate surface area is 167 Å². The standard InChI is InChI=1S/C21H20N2O4S/c1-4-18(24)22-17-8-6-5-7-16(17)21(20(22)26)23(19(25)13(2)28-21)14-9-11-15(27-3)12-10-14/h5-13H,4H2,1-3H3/t13-,21+/m1/s1. The molecule has 0 N–H and O–H groups in total. The lowest BCUT2D eigenvalue weighted by molar-refractivity contribution is -0.128. The molecule has 1 saturated heterocycles. The lowest BCUT2D eigenvalue weighted by Crippen LogP contribution is -2.51. The van der Waals surface area contributed by atoms with Crippen molar-refractivity contribution in [2.45, 2.75) is 30.4 Å². The number of anilines is 2. The predicted molar refractivity (Wildman–Crippen MR) is 108 cm³/mol. The first kappa shape index (κ1) is 18.6. The van der Waals surface area contributed by atoms with Crippen LogP contribution < -0.4 is 14.5 Å². The third-order valence-corrected chi connectivity index (χ3v) is 6.59. The first-order valence-corrected chi connectivity index (χ1v) is 9.96. The van der Waals surface area contributed by atoms with Crippen molar-refractivity contribution >= 4 is 40.9 Å². The molecule has 0 aliphatic carbocycles. The van der Waals surface area contributed by atoms with Gasteiger partial charge in [0, 0.05) is 17.7 Å². The van der Waals surface area contributed by atoms with Gasteiger partial charge in [0.25, 0.3) is 5.91 Å². The van der Waals surface area contributed by atoms with Gasteiger partial charge in [-0.1, -0.05) is 25.1 Å². The maximum Gasteiger partial charge on any atom is 0.275 e. The van der Waals surface area contributed by atoms with Crippen LogP contribution in [0.15, 0.2) is 48.5 Å². The Kier molecular flexibility index (Phi) is 4.42. The van der Waals surface area contributed by atoms with E-state index >= 15 is 0 Å². The zero-order valence-electron chi connectivity index (χ0n) is 15.8. The molecule has 2 aliphatic rings. The number of benzene rings is 2. The van der Waals surface area contributed by atoms with E-state index in [0.29, 0.717) is 22.7 Å². The SMILES string of the molecule is CCC(=O)N1C(=O)[C@@]2(S[C@H](C)C(=O)N2c2ccc(OC)cc2)c2ccccc21. The minimum Gasteiger partial charge on any atom is -0.497 e. The number of carbonyl (C=O) groups is 3. The van der Waals surface area contributed by atoms with E-state index in [1.807, 2.05) is 12.1 Å². The van der Waals surface area contributed by atoms with Crippen LogP contribution in [0.5, 0.6) is 5.75 Å². The monoisotopic (exact) mass is 396 g/mol. The Balaban J connectivity index is 1.93. The van der Waals surface area contributed by atoms with Crippen LogP contribution in [-0.2, 0) is 19.3 Å². The van der Waals surface area contributed by atoms with Crippen molar-refractivity contribution in [1.29, 1.82) is 0 Å². The normalized spacial score (nSPS) is 23.5. The van der Waals surface area contributed by atoms with Crippen LogP contribution in [0, 0.1) is 0 Å². The lowest BCUT2D eigenvalue weighted by Gasteiger charge is -2.33. The number of amides is 3. The summed E-state index contributed by atoms with van der Waals surface area (Å²) in [5, 5.41) is -0.421. The number of fused-ring (bicyclic) bond motifs is 2. The van der Waals surface area contributed by atoms with Gasteiger partial charge in [-0.25, -0.2) is 4.90 Å². The van der Waals surface area contributed by atoms with Crippen LogP contribution in [-0.4, -0.2) is 30.1 Å². The van der Waals surface area contributed by atoms with Crippen LogP contribution in [0.3, 0.4) is 0 Å². The molecule has 0 radical (unpaired) electrons. The van der Waals surface area contributed by atoms with E-state index in [0.717, 1.165) is 0 Å². The summed E-state index contributed by atoms with van der Waals surface area (Å²) < 4.78 is 5.21. The number of nitrogens with zero attached hydrogens (tertiary/aromatic N) is 2. The highest BCUT2D eigenvalue weighted by Crippen LogP contribution is 2.57. The fourth-order valence-electron chi connectivity index (χ4n) is 3.80. The molecular formula is C21H20N2O4S. The van der Waals surface area contributed by atoms with Crippen molar-refractivity contribution in [2.24, 2.45) is 0 Å². The average molecular weight is 396 g/mol. The highest BCUT2D eigenvalue weighted by atomic mass is 32.2. The van der Waals surface area contributed by atoms with Crippen molar-refractivity contribution in [3.8, 4) is 5.75 Å². The first-order chi connectivity index (χ1) is 13.5. The van der Waals surface area contributed by atoms with E-state index in [1.54, 1.807) is 57.4 Å². The summed E-state index contributed by atoms with van der Waals surface area (Å²) in [6, 6.07) is 14.2. The van der Waals surface area contributed by atoms with Gasteiger partial charge in [-0.2, -0.15) is 0 Å². The molecule has 1 fully saturated rings. The number of hydrogen-bond donors (Lipinski definition) is 0. The number of thioether (sulfide) groups is 1. The van der Waals surface area contributed by atoms with E-state index in [9.17, 15) is 14.4 Å². The van der Waals surface area contributed by atoms with Gasteiger partial charge in [-0.05, 0) is 37.3 Å². The summed E-state index contributed by atoms with van der Waals surface area (Å²) in [5.74, 6) is -0.175. The third-order valence-electron chi connectivity index (χ3n) is 5.12. The Morgan fingerprint density at radius 2 is 1.82 bits per heavy atom. The highest BCUT2D eigenvalue weighted by molar-refractivity contribution is 8.03. The minimum absolute atomic E-state index is 0.163. The van der Waals surface area contributed by atoms with Crippen molar-refractivity contribution < 1.29 is 19.1 Å². The lowest BCUT2D eigenvalue weighted by atomic mass is 10.0. The molecule has 28 heavy (non-hydrogen) atoms. The van der Waals surface area contributed by atoms with E-state index in [4.69, 9.17) is 4.74 Å². The van der Waals surface area contributed by atoms with Crippen molar-refractivity contribution in [2.75, 3.05) is 16.9 Å². The van der Waals surface area contributed by atoms with Crippen LogP contribution in [0.4, 0.5) is 11.4 Å². The molecule has 2 aliphatic heterocycles. The molecular weight excluding hydrogens is 376 g/mol. The summed E-state index contributed by atoms with van der Waals surface area (Å²) >= 11 is 1.28. The van der Waals surface area contributed by atoms with Crippen LogP contribution in [0.25, 0.3) is 0 Å². The Morgan fingerprint density at radius 1 is 1.14 bits per heavy atom. The molecule has 1 spiro atoms. The maximum absolute atomic E-state index is 13.7. The van der Waals surface area contributed by atoms with Gasteiger partial charge in [0.05, 0.1) is 18.0 Å². The number of para-hydroxylation sites is 1. The molecule has 2 heterocycles. The Bertz CT molecular complexity index is 975. The third kappa shape index (κ3) is 2.39. The summed E-state index contributed by atoms with van der Waals surface area (Å²) in [5.41, 5.74) is 1.81. The van der Waals surface area contributed by atoms with Gasteiger partial charge in [0.1, 0.15) is 5.75 Å². The molecule has 2 aromatic carbocycles. The molecule has 6 nitrogen and oxygen atoms in total. The molecule has 7 heteroatoms. The number of ether oxygens (including phenoxy) is 1. The second kappa shape index (κ2) is 6.67. The largest absolute Gasteiger partial charge is 0.497 e. The second-order valence-electron chi connectivity index (χ2n) is 6.68. The first-order valence-electron chi connectivity index (χ1n) is 9.08. The number of hydrogen-bond acceptors (Lipinski definition) is 5. The summed E-state index contributed by atoms with van der Waals surface area (Å²) in [7, 11) is 1.57. The molecule has 3 amide bonds. The molecule has 4 rings (SSSR count). The molecule has 144 valence electrons. The number of carbonyl (C=O) groups excluding carboxylic acids is 3. The fourth-order valence-corrected chi connectivity index (χ4v) is 5.31. The number of methoxy groups -OCH3 is 1. The fraction of sp³-hybridized carbons (Fsp3) is 0.286. The van der Waals surface area contributed by atoms with Crippen molar-refractivity contribution in [3.05, 3.63) is 54.1 Å². The molecule has 2 atom stereocenters. The molecule has 2 aromatic rings. The van der Waals surface area contributed by atoms with E-state index < -0.39 is 10.1 Å². The van der Waals surface area contributed by atoms with Crippen LogP contribution in [0.2, 0.25) is 0 Å². The second-order valence-corrected chi connectivity index (χ2v) is 8.21. The maximum atomic E-state index is 13.7. The molecule has 0 unspecified atom stereocenters. The quantitative estimate of drug-likeness (QED) is 0.796. The van der Waals surface area contributed by atoms with Crippen LogP contribution in [0.1, 0.15) is 25.8 Å². The molecule has 0 aromatic heterocycles. The average Bonchev–Trinajstić information content (AvgIpc) is 3.13. The van der Waals surface area contributed by atoms with Crippen LogP contribution >= 0.6 is 11.8 Å². The van der Waals surface area contributed by atoms with Gasteiger partial charge in [-0.3, -0.25) is 19.3 Å². The number of rotatable bonds is 3. The van der Waals surface area contributed by atoms with Crippen molar-refractivity contribution in [3.63, 3.8) is 0 Å². The van der Waals surface area contributed by atoms with E-state index in [1.165, 1.54) is 21.6 Å². The zero-order valence-corrected chi connectivity index (χ0v) is 16.7. The summed E-state index contributed by atoms with van der Waals surface area (Å²) in [6.45, 7) is 3.51. The summed E-state index contributed by atoms with van der Waals surface area (Å²) in [6.07, 6.45) is 0.201. The highest BCUT2D eigenvalue weighted by Gasteiger charge is 2.64. The van der Waals surface area contributed by atoms with Gasteiger partial charge in [-0.15, -0.1) is 11.8 Å². The van der Waals surface area contributed by atoms with Gasteiger partial charge >= 0.3 is 0 Å². The smallest absolute Gasteiger partial charge is 0.275 e. The van der Waals surface area contributed by atoms with Crippen molar-refractivity contribution in [1.82, 2.24) is 0 Å². The molecule has 0 bridgehead atoms. The van der Waals surface area contributed by atoms with Gasteiger partial charge in [0.15, 0.2) is 0 Å². The Morgan fingerprint density at radius 3 is 2.46 bits per heavy atom. The van der Waals surface area contributed by atoms with Gasteiger partial charge in [0.2, 0.25) is 16.7 Å². The Hall–Kier alpha value is -2.80. The minimum atomic E-state index is -1.29. The predicted octanol–water partition coefficient (Wildman–Crippen LogP) is 3.30. The topological polar surface area (TPSA) is 66.9 Å². The van der Waals surface area contributed by atoms with Gasteiger partial charge < -0.3 is 4.74 Å². The van der Waals surface area contributed by atoms with E-state index in [-0.39, 0.29) is 24.1 Å². The summed E-state index contributed by atoms with van der Waals surface area (Å²) in [4.78, 5) is 40.9. The number of imide groups is 1. The van der Waals surface area contributed by atoms with E-state index in [2.05, 4.69) is 0 Å². The zero-order chi connectivity index (χ0) is 20.1. The molecule has 0 saturated carbocycles.